The normalized spacial score (nSPS) is 15.5. The van der Waals surface area contributed by atoms with E-state index in [1.54, 1.807) is 13.0 Å². The minimum absolute atomic E-state index is 0.0311. The van der Waals surface area contributed by atoms with Crippen LogP contribution in [0.1, 0.15) is 58.8 Å². The molecule has 2 heterocycles. The third kappa shape index (κ3) is 4.86. The molecule has 0 bridgehead atoms. The molecule has 0 atom stereocenters. The zero-order valence-corrected chi connectivity index (χ0v) is 17.8. The lowest BCUT2D eigenvalue weighted by Crippen LogP contribution is -2.35. The predicted octanol–water partition coefficient (Wildman–Crippen LogP) is 4.27. The summed E-state index contributed by atoms with van der Waals surface area (Å²) in [4.78, 5) is 34.6. The second-order valence-electron chi connectivity index (χ2n) is 7.41. The minimum Gasteiger partial charge on any atom is -0.337 e. The SMILES string of the molecule is CCCCN1CCCN(C(=O)c2sc(-c3cccc(C(C)=O)c3)nc2C)CC1. The van der Waals surface area contributed by atoms with Crippen molar-refractivity contribution in [1.29, 1.82) is 0 Å². The van der Waals surface area contributed by atoms with Crippen LogP contribution in [-0.4, -0.2) is 59.2 Å². The first kappa shape index (κ1) is 20.7. The lowest BCUT2D eigenvalue weighted by Gasteiger charge is -2.21. The molecule has 5 nitrogen and oxygen atoms in total. The van der Waals surface area contributed by atoms with Crippen LogP contribution in [-0.2, 0) is 0 Å². The van der Waals surface area contributed by atoms with Gasteiger partial charge in [-0.1, -0.05) is 31.5 Å². The molecule has 6 heteroatoms. The van der Waals surface area contributed by atoms with E-state index in [0.717, 1.165) is 55.4 Å². The zero-order chi connectivity index (χ0) is 20.1. The Morgan fingerprint density at radius 1 is 1.18 bits per heavy atom. The quantitative estimate of drug-likeness (QED) is 0.681. The maximum Gasteiger partial charge on any atom is 0.265 e. The van der Waals surface area contributed by atoms with E-state index in [-0.39, 0.29) is 11.7 Å². The minimum atomic E-state index is 0.0311. The molecule has 1 aromatic heterocycles. The highest BCUT2D eigenvalue weighted by Gasteiger charge is 2.24. The largest absolute Gasteiger partial charge is 0.337 e. The predicted molar refractivity (Wildman–Crippen MR) is 114 cm³/mol. The number of carbonyl (C=O) groups excluding carboxylic acids is 2. The van der Waals surface area contributed by atoms with E-state index in [4.69, 9.17) is 0 Å². The van der Waals surface area contributed by atoms with E-state index in [2.05, 4.69) is 16.8 Å². The summed E-state index contributed by atoms with van der Waals surface area (Å²) in [6.07, 6.45) is 3.43. The van der Waals surface area contributed by atoms with Gasteiger partial charge in [-0.25, -0.2) is 4.98 Å². The molecule has 0 spiro atoms. The first-order valence-electron chi connectivity index (χ1n) is 10.1. The number of aromatic nitrogens is 1. The average molecular weight is 400 g/mol. The molecule has 2 aromatic rings. The van der Waals surface area contributed by atoms with E-state index >= 15 is 0 Å². The molecular weight excluding hydrogens is 370 g/mol. The van der Waals surface area contributed by atoms with Crippen molar-refractivity contribution in [2.24, 2.45) is 0 Å². The van der Waals surface area contributed by atoms with Crippen LogP contribution in [0.3, 0.4) is 0 Å². The molecule has 0 saturated carbocycles. The van der Waals surface area contributed by atoms with Crippen molar-refractivity contribution < 1.29 is 9.59 Å². The highest BCUT2D eigenvalue weighted by atomic mass is 32.1. The Morgan fingerprint density at radius 3 is 2.75 bits per heavy atom. The van der Waals surface area contributed by atoms with E-state index in [9.17, 15) is 9.59 Å². The van der Waals surface area contributed by atoms with Crippen molar-refractivity contribution in [1.82, 2.24) is 14.8 Å². The number of hydrogen-bond acceptors (Lipinski definition) is 5. The Balaban J connectivity index is 1.74. The highest BCUT2D eigenvalue weighted by molar-refractivity contribution is 7.17. The van der Waals surface area contributed by atoms with Crippen LogP contribution >= 0.6 is 11.3 Å². The van der Waals surface area contributed by atoms with Gasteiger partial charge in [0.15, 0.2) is 5.78 Å². The van der Waals surface area contributed by atoms with Gasteiger partial charge in [-0.15, -0.1) is 11.3 Å². The maximum atomic E-state index is 13.1. The smallest absolute Gasteiger partial charge is 0.265 e. The summed E-state index contributed by atoms with van der Waals surface area (Å²) in [5.41, 5.74) is 2.32. The number of Topliss-reactive ketones (excluding diaryl/α,β-unsaturated/α-hetero) is 1. The van der Waals surface area contributed by atoms with Crippen LogP contribution in [0.2, 0.25) is 0 Å². The lowest BCUT2D eigenvalue weighted by atomic mass is 10.1. The Morgan fingerprint density at radius 2 is 2.00 bits per heavy atom. The molecule has 1 fully saturated rings. The fraction of sp³-hybridized carbons (Fsp3) is 0.500. The van der Waals surface area contributed by atoms with Gasteiger partial charge in [-0.05, 0) is 45.8 Å². The van der Waals surface area contributed by atoms with Gasteiger partial charge in [0.1, 0.15) is 9.88 Å². The Kier molecular flexibility index (Phi) is 6.97. The van der Waals surface area contributed by atoms with E-state index in [1.165, 1.54) is 24.2 Å². The molecule has 3 rings (SSSR count). The molecule has 150 valence electrons. The Labute approximate surface area is 171 Å². The second-order valence-corrected chi connectivity index (χ2v) is 8.41. The second kappa shape index (κ2) is 9.43. The number of carbonyl (C=O) groups is 2. The van der Waals surface area contributed by atoms with E-state index < -0.39 is 0 Å². The van der Waals surface area contributed by atoms with Crippen LogP contribution in [0, 0.1) is 6.92 Å². The first-order chi connectivity index (χ1) is 13.5. The molecule has 28 heavy (non-hydrogen) atoms. The summed E-state index contributed by atoms with van der Waals surface area (Å²) in [6, 6.07) is 7.47. The van der Waals surface area contributed by atoms with Crippen molar-refractivity contribution in [2.45, 2.75) is 40.0 Å². The van der Waals surface area contributed by atoms with Crippen LogP contribution in [0.15, 0.2) is 24.3 Å². The van der Waals surface area contributed by atoms with Crippen LogP contribution < -0.4 is 0 Å². The van der Waals surface area contributed by atoms with Crippen LogP contribution in [0.4, 0.5) is 0 Å². The summed E-state index contributed by atoms with van der Waals surface area (Å²) < 4.78 is 0. The summed E-state index contributed by atoms with van der Waals surface area (Å²) in [7, 11) is 0. The number of nitrogens with zero attached hydrogens (tertiary/aromatic N) is 3. The molecule has 1 saturated heterocycles. The maximum absolute atomic E-state index is 13.1. The van der Waals surface area contributed by atoms with Gasteiger partial charge < -0.3 is 9.80 Å². The van der Waals surface area contributed by atoms with Gasteiger partial charge in [0, 0.05) is 30.8 Å². The number of amides is 1. The van der Waals surface area contributed by atoms with E-state index in [1.807, 2.05) is 30.0 Å². The number of hydrogen-bond donors (Lipinski definition) is 0. The summed E-state index contributed by atoms with van der Waals surface area (Å²) in [6.45, 7) is 10.4. The summed E-state index contributed by atoms with van der Waals surface area (Å²) in [5, 5.41) is 0.795. The van der Waals surface area contributed by atoms with Gasteiger partial charge in [0.2, 0.25) is 0 Å². The summed E-state index contributed by atoms with van der Waals surface area (Å²) in [5.74, 6) is 0.116. The van der Waals surface area contributed by atoms with Crippen molar-refractivity contribution >= 4 is 23.0 Å². The van der Waals surface area contributed by atoms with Crippen molar-refractivity contribution in [3.63, 3.8) is 0 Å². The molecule has 1 aliphatic heterocycles. The third-order valence-corrected chi connectivity index (χ3v) is 6.41. The van der Waals surface area contributed by atoms with Crippen molar-refractivity contribution in [2.75, 3.05) is 32.7 Å². The molecule has 0 N–H and O–H groups in total. The van der Waals surface area contributed by atoms with E-state index in [0.29, 0.717) is 10.4 Å². The molecule has 1 amide bonds. The standard InChI is InChI=1S/C22H29N3O2S/c1-4-5-10-24-11-7-12-25(14-13-24)22(27)20-16(2)23-21(28-20)19-9-6-8-18(15-19)17(3)26/h6,8-9,15H,4-5,7,10-14H2,1-3H3. The van der Waals surface area contributed by atoms with Crippen LogP contribution in [0.5, 0.6) is 0 Å². The van der Waals surface area contributed by atoms with Gasteiger partial charge in [0.05, 0.1) is 5.69 Å². The van der Waals surface area contributed by atoms with Gasteiger partial charge in [-0.3, -0.25) is 9.59 Å². The highest BCUT2D eigenvalue weighted by Crippen LogP contribution is 2.29. The van der Waals surface area contributed by atoms with Gasteiger partial charge in [0.25, 0.3) is 5.91 Å². The Hall–Kier alpha value is -2.05. The number of thiazole rings is 1. The monoisotopic (exact) mass is 399 g/mol. The molecular formula is C22H29N3O2S. The molecule has 0 unspecified atom stereocenters. The third-order valence-electron chi connectivity index (χ3n) is 5.21. The molecule has 1 aromatic carbocycles. The first-order valence-corrected chi connectivity index (χ1v) is 10.9. The lowest BCUT2D eigenvalue weighted by molar-refractivity contribution is 0.0765. The fourth-order valence-corrected chi connectivity index (χ4v) is 4.54. The van der Waals surface area contributed by atoms with Crippen molar-refractivity contribution in [3.05, 3.63) is 40.4 Å². The number of aryl methyl sites for hydroxylation is 1. The van der Waals surface area contributed by atoms with Crippen molar-refractivity contribution in [3.8, 4) is 10.6 Å². The topological polar surface area (TPSA) is 53.5 Å². The molecule has 0 aliphatic carbocycles. The Bertz CT molecular complexity index is 846. The number of ketones is 1. The van der Waals surface area contributed by atoms with Gasteiger partial charge >= 0.3 is 0 Å². The zero-order valence-electron chi connectivity index (χ0n) is 17.0. The number of unbranched alkanes of at least 4 members (excludes halogenated alkanes) is 1. The molecule has 1 aliphatic rings. The fourth-order valence-electron chi connectivity index (χ4n) is 3.51. The average Bonchev–Trinajstić information content (AvgIpc) is 2.93. The molecule has 0 radical (unpaired) electrons. The summed E-state index contributed by atoms with van der Waals surface area (Å²) >= 11 is 1.43. The van der Waals surface area contributed by atoms with Gasteiger partial charge in [-0.2, -0.15) is 0 Å². The number of rotatable bonds is 6. The van der Waals surface area contributed by atoms with Crippen LogP contribution in [0.25, 0.3) is 10.6 Å². The number of benzene rings is 1.